The molecule has 1 amide bonds. The largest absolute Gasteiger partial charge is 0.480 e. The number of hydrogen-bond donors (Lipinski definition) is 2. The van der Waals surface area contributed by atoms with E-state index in [1.165, 1.54) is 16.0 Å². The van der Waals surface area contributed by atoms with E-state index in [4.69, 9.17) is 4.74 Å². The van der Waals surface area contributed by atoms with E-state index >= 15 is 0 Å². The molecule has 0 saturated carbocycles. The Morgan fingerprint density at radius 3 is 2.48 bits per heavy atom. The zero-order chi connectivity index (χ0) is 28.1. The lowest BCUT2D eigenvalue weighted by atomic mass is 9.96. The molecule has 0 bridgehead atoms. The van der Waals surface area contributed by atoms with Crippen LogP contribution in [0.15, 0.2) is 66.7 Å². The lowest BCUT2D eigenvalue weighted by molar-refractivity contribution is -0.148. The zero-order valence-electron chi connectivity index (χ0n) is 22.8. The van der Waals surface area contributed by atoms with Gasteiger partial charge in [0.25, 0.3) is 0 Å². The third-order valence-electron chi connectivity index (χ3n) is 7.93. The van der Waals surface area contributed by atoms with Crippen molar-refractivity contribution in [3.05, 3.63) is 83.4 Å². The third-order valence-corrected chi connectivity index (χ3v) is 9.26. The van der Waals surface area contributed by atoms with E-state index in [2.05, 4.69) is 53.8 Å². The van der Waals surface area contributed by atoms with E-state index in [-0.39, 0.29) is 36.8 Å². The number of fused-ring (bicyclic) bond motifs is 2. The Labute approximate surface area is 239 Å². The summed E-state index contributed by atoms with van der Waals surface area (Å²) in [6, 6.07) is 21.3. The van der Waals surface area contributed by atoms with Crippen molar-refractivity contribution in [2.24, 2.45) is 5.92 Å². The summed E-state index contributed by atoms with van der Waals surface area (Å²) in [5.41, 5.74) is 3.81. The van der Waals surface area contributed by atoms with Crippen LogP contribution in [0, 0.1) is 5.92 Å². The number of carbonyl (C=O) groups excluding carboxylic acids is 2. The highest BCUT2D eigenvalue weighted by molar-refractivity contribution is 7.99. The topological polar surface area (TPSA) is 95.9 Å². The number of ether oxygens (including phenoxy) is 1. The fraction of sp³-hybridized carbons (Fsp3) is 0.406. The predicted octanol–water partition coefficient (Wildman–Crippen LogP) is 4.63. The maximum absolute atomic E-state index is 13.7. The minimum absolute atomic E-state index is 0.0979. The van der Waals surface area contributed by atoms with E-state index in [0.717, 1.165) is 35.6 Å². The van der Waals surface area contributed by atoms with Gasteiger partial charge in [-0.2, -0.15) is 0 Å². The molecule has 3 aromatic carbocycles. The van der Waals surface area contributed by atoms with Crippen molar-refractivity contribution < 1.29 is 24.2 Å². The molecule has 7 nitrogen and oxygen atoms in total. The first-order valence-electron chi connectivity index (χ1n) is 14.0. The highest BCUT2D eigenvalue weighted by Crippen LogP contribution is 2.37. The molecule has 1 aliphatic heterocycles. The Kier molecular flexibility index (Phi) is 9.07. The van der Waals surface area contributed by atoms with E-state index in [0.29, 0.717) is 18.1 Å². The minimum Gasteiger partial charge on any atom is -0.480 e. The number of esters is 1. The lowest BCUT2D eigenvalue weighted by Gasteiger charge is -2.27. The van der Waals surface area contributed by atoms with Crippen LogP contribution in [0.2, 0.25) is 0 Å². The molecule has 2 N–H and O–H groups in total. The van der Waals surface area contributed by atoms with Gasteiger partial charge in [-0.05, 0) is 66.0 Å². The first kappa shape index (κ1) is 28.2. The highest BCUT2D eigenvalue weighted by atomic mass is 32.2. The van der Waals surface area contributed by atoms with Crippen LogP contribution in [-0.4, -0.2) is 65.4 Å². The molecule has 210 valence electrons. The molecule has 1 aliphatic carbocycles. The van der Waals surface area contributed by atoms with Crippen LogP contribution in [0.5, 0.6) is 0 Å². The van der Waals surface area contributed by atoms with Gasteiger partial charge in [-0.25, -0.2) is 0 Å². The number of hydrogen-bond acceptors (Lipinski definition) is 6. The molecule has 3 unspecified atom stereocenters. The molecule has 1 heterocycles. The standard InChI is InChI=1S/C32H36N2O5S/c1-2-39-32(38)27(15-14-21-16-23-9-3-4-10-24(23)17-21)33-28-20-40-29(18-34(31(28)37)19-30(35)36)26-13-7-11-22-8-5-6-12-25(22)26/h3-13,21,27-29,33H,2,14-20H2,1H3,(H,35,36). The summed E-state index contributed by atoms with van der Waals surface area (Å²) in [7, 11) is 0. The summed E-state index contributed by atoms with van der Waals surface area (Å²) >= 11 is 1.63. The van der Waals surface area contributed by atoms with Crippen LogP contribution in [0.3, 0.4) is 0 Å². The number of carbonyl (C=O) groups is 3. The van der Waals surface area contributed by atoms with Gasteiger partial charge in [0.2, 0.25) is 5.91 Å². The van der Waals surface area contributed by atoms with Crippen molar-refractivity contribution in [1.82, 2.24) is 10.2 Å². The van der Waals surface area contributed by atoms with Gasteiger partial charge in [0.15, 0.2) is 0 Å². The number of nitrogens with one attached hydrogen (secondary N) is 1. The van der Waals surface area contributed by atoms with Crippen LogP contribution < -0.4 is 5.32 Å². The van der Waals surface area contributed by atoms with Gasteiger partial charge in [0.1, 0.15) is 12.6 Å². The zero-order valence-corrected chi connectivity index (χ0v) is 23.6. The van der Waals surface area contributed by atoms with E-state index in [1.807, 2.05) is 18.2 Å². The second kappa shape index (κ2) is 12.9. The van der Waals surface area contributed by atoms with E-state index in [1.54, 1.807) is 18.7 Å². The second-order valence-electron chi connectivity index (χ2n) is 10.6. The summed E-state index contributed by atoms with van der Waals surface area (Å²) in [6.45, 7) is 1.93. The van der Waals surface area contributed by atoms with Crippen molar-refractivity contribution in [2.75, 3.05) is 25.4 Å². The van der Waals surface area contributed by atoms with Gasteiger partial charge < -0.3 is 14.7 Å². The summed E-state index contributed by atoms with van der Waals surface area (Å²) in [4.78, 5) is 39.9. The van der Waals surface area contributed by atoms with Crippen molar-refractivity contribution in [3.8, 4) is 0 Å². The van der Waals surface area contributed by atoms with Gasteiger partial charge in [-0.15, -0.1) is 11.8 Å². The van der Waals surface area contributed by atoms with Crippen LogP contribution in [0.25, 0.3) is 10.8 Å². The first-order chi connectivity index (χ1) is 19.4. The maximum atomic E-state index is 13.7. The van der Waals surface area contributed by atoms with E-state index < -0.39 is 18.1 Å². The fourth-order valence-corrected chi connectivity index (χ4v) is 7.34. The number of nitrogens with zero attached hydrogens (tertiary/aromatic N) is 1. The van der Waals surface area contributed by atoms with Gasteiger partial charge >= 0.3 is 11.9 Å². The highest BCUT2D eigenvalue weighted by Gasteiger charge is 2.36. The number of benzene rings is 3. The molecule has 1 fully saturated rings. The average Bonchev–Trinajstić information content (AvgIpc) is 3.31. The minimum atomic E-state index is -1.06. The van der Waals surface area contributed by atoms with Crippen LogP contribution >= 0.6 is 11.8 Å². The number of amides is 1. The predicted molar refractivity (Wildman–Crippen MR) is 157 cm³/mol. The molecule has 2 aliphatic rings. The van der Waals surface area contributed by atoms with E-state index in [9.17, 15) is 19.5 Å². The Hall–Kier alpha value is -3.36. The van der Waals surface area contributed by atoms with Crippen LogP contribution in [0.1, 0.15) is 41.7 Å². The summed E-state index contributed by atoms with van der Waals surface area (Å²) in [5, 5.41) is 15.0. The van der Waals surface area contributed by atoms with Crippen molar-refractivity contribution in [3.63, 3.8) is 0 Å². The number of aliphatic carboxylic acids is 1. The third kappa shape index (κ3) is 6.50. The molecular weight excluding hydrogens is 524 g/mol. The smallest absolute Gasteiger partial charge is 0.323 e. The van der Waals surface area contributed by atoms with Gasteiger partial charge in [0.05, 0.1) is 12.6 Å². The average molecular weight is 561 g/mol. The number of carboxylic acid groups (broad SMARTS) is 1. The normalized spacial score (nSPS) is 20.2. The molecule has 0 aromatic heterocycles. The monoisotopic (exact) mass is 560 g/mol. The molecular formula is C32H36N2O5S. The molecule has 3 atom stereocenters. The molecule has 8 heteroatoms. The van der Waals surface area contributed by atoms with Crippen molar-refractivity contribution in [1.29, 1.82) is 0 Å². The summed E-state index contributed by atoms with van der Waals surface area (Å²) < 4.78 is 5.39. The van der Waals surface area contributed by atoms with Gasteiger partial charge in [-0.1, -0.05) is 66.7 Å². The number of rotatable bonds is 10. The van der Waals surface area contributed by atoms with Crippen molar-refractivity contribution >= 4 is 40.4 Å². The Bertz CT molecular complexity index is 1350. The van der Waals surface area contributed by atoms with Gasteiger partial charge in [0, 0.05) is 17.5 Å². The second-order valence-corrected chi connectivity index (χ2v) is 11.9. The quantitative estimate of drug-likeness (QED) is 0.349. The fourth-order valence-electron chi connectivity index (χ4n) is 6.00. The first-order valence-corrected chi connectivity index (χ1v) is 15.1. The molecule has 1 saturated heterocycles. The Morgan fingerprint density at radius 1 is 1.05 bits per heavy atom. The summed E-state index contributed by atoms with van der Waals surface area (Å²) in [6.07, 6.45) is 3.36. The molecule has 0 radical (unpaired) electrons. The SMILES string of the molecule is CCOC(=O)C(CCC1Cc2ccccc2C1)NC1CSC(c2cccc3ccccc23)CN(CC(=O)O)C1=O. The maximum Gasteiger partial charge on any atom is 0.323 e. The van der Waals surface area contributed by atoms with Gasteiger partial charge in [-0.3, -0.25) is 19.7 Å². The van der Waals surface area contributed by atoms with Crippen LogP contribution in [-0.2, 0) is 32.0 Å². The summed E-state index contributed by atoms with van der Waals surface area (Å²) in [5.74, 6) is -0.850. The Balaban J connectivity index is 1.33. The lowest BCUT2D eigenvalue weighted by Crippen LogP contribution is -2.53. The molecule has 5 rings (SSSR count). The Morgan fingerprint density at radius 2 is 1.75 bits per heavy atom. The number of thioether (sulfide) groups is 1. The molecule has 40 heavy (non-hydrogen) atoms. The van der Waals surface area contributed by atoms with Crippen LogP contribution in [0.4, 0.5) is 0 Å². The molecule has 0 spiro atoms. The van der Waals surface area contributed by atoms with Crippen molar-refractivity contribution in [2.45, 2.75) is 49.9 Å². The number of carboxylic acids is 1. The molecule has 3 aromatic rings.